The first-order valence-corrected chi connectivity index (χ1v) is 7.22. The van der Waals surface area contributed by atoms with Gasteiger partial charge in [-0.2, -0.15) is 0 Å². The van der Waals surface area contributed by atoms with Gasteiger partial charge in [0.05, 0.1) is 0 Å². The van der Waals surface area contributed by atoms with E-state index in [-0.39, 0.29) is 42.0 Å². The van der Waals surface area contributed by atoms with Gasteiger partial charge in [0.25, 0.3) is 0 Å². The molecule has 1 rings (SSSR count). The van der Waals surface area contributed by atoms with Crippen LogP contribution < -0.4 is 16.0 Å². The van der Waals surface area contributed by atoms with Gasteiger partial charge in [0.15, 0.2) is 5.96 Å². The van der Waals surface area contributed by atoms with Gasteiger partial charge in [0.2, 0.25) is 5.91 Å². The summed E-state index contributed by atoms with van der Waals surface area (Å²) in [5.74, 6) is -0.593. The maximum absolute atomic E-state index is 13.5. The van der Waals surface area contributed by atoms with Crippen LogP contribution in [-0.2, 0) is 11.3 Å². The van der Waals surface area contributed by atoms with E-state index in [1.54, 1.807) is 7.05 Å². The lowest BCUT2D eigenvalue weighted by molar-refractivity contribution is -0.120. The molecule has 0 aliphatic rings. The maximum Gasteiger partial charge on any atom is 0.221 e. The van der Waals surface area contributed by atoms with Crippen LogP contribution in [0.25, 0.3) is 0 Å². The molecule has 0 radical (unpaired) electrons. The molecular weight excluding hydrogens is 417 g/mol. The SMILES string of the molecule is CCCNC(=O)CCNC(=NC)NCc1cc(F)ccc1F.I. The Labute approximate surface area is 152 Å². The molecule has 5 nitrogen and oxygen atoms in total. The van der Waals surface area contributed by atoms with E-state index in [2.05, 4.69) is 20.9 Å². The Morgan fingerprint density at radius 1 is 1.17 bits per heavy atom. The van der Waals surface area contributed by atoms with Gasteiger partial charge in [0.1, 0.15) is 11.6 Å². The highest BCUT2D eigenvalue weighted by Gasteiger charge is 2.06. The van der Waals surface area contributed by atoms with Gasteiger partial charge in [-0.05, 0) is 24.6 Å². The molecule has 0 aliphatic heterocycles. The summed E-state index contributed by atoms with van der Waals surface area (Å²) in [6.07, 6.45) is 1.20. The molecule has 1 aromatic rings. The molecular formula is C15H23F2IN4O. The average molecular weight is 440 g/mol. The second kappa shape index (κ2) is 12.0. The molecule has 0 aliphatic carbocycles. The van der Waals surface area contributed by atoms with Crippen molar-refractivity contribution in [3.05, 3.63) is 35.4 Å². The van der Waals surface area contributed by atoms with E-state index >= 15 is 0 Å². The number of nitrogens with one attached hydrogen (secondary N) is 3. The van der Waals surface area contributed by atoms with Crippen LogP contribution in [-0.4, -0.2) is 32.0 Å². The molecule has 0 heterocycles. The third-order valence-electron chi connectivity index (χ3n) is 2.89. The van der Waals surface area contributed by atoms with Gasteiger partial charge in [-0.15, -0.1) is 24.0 Å². The molecule has 0 bridgehead atoms. The fraction of sp³-hybridized carbons (Fsp3) is 0.467. The van der Waals surface area contributed by atoms with Crippen molar-refractivity contribution in [3.63, 3.8) is 0 Å². The monoisotopic (exact) mass is 440 g/mol. The summed E-state index contributed by atoms with van der Waals surface area (Å²) in [7, 11) is 1.56. The Morgan fingerprint density at radius 3 is 2.57 bits per heavy atom. The number of halogens is 3. The molecule has 0 atom stereocenters. The van der Waals surface area contributed by atoms with Gasteiger partial charge >= 0.3 is 0 Å². The minimum absolute atomic E-state index is 0. The second-order valence-electron chi connectivity index (χ2n) is 4.69. The number of carbonyl (C=O) groups excluding carboxylic acids is 1. The first-order chi connectivity index (χ1) is 10.6. The molecule has 0 saturated carbocycles. The molecule has 0 saturated heterocycles. The molecule has 1 aromatic carbocycles. The fourth-order valence-corrected chi connectivity index (χ4v) is 1.73. The summed E-state index contributed by atoms with van der Waals surface area (Å²) in [5, 5.41) is 8.58. The van der Waals surface area contributed by atoms with Gasteiger partial charge < -0.3 is 16.0 Å². The number of benzene rings is 1. The highest BCUT2D eigenvalue weighted by molar-refractivity contribution is 14.0. The van der Waals surface area contributed by atoms with E-state index in [9.17, 15) is 13.6 Å². The zero-order valence-electron chi connectivity index (χ0n) is 13.3. The van der Waals surface area contributed by atoms with Crippen LogP contribution in [0.15, 0.2) is 23.2 Å². The van der Waals surface area contributed by atoms with Crippen molar-refractivity contribution in [2.75, 3.05) is 20.1 Å². The van der Waals surface area contributed by atoms with Crippen molar-refractivity contribution in [1.29, 1.82) is 0 Å². The number of aliphatic imine (C=N–C) groups is 1. The van der Waals surface area contributed by atoms with E-state index in [0.717, 1.165) is 24.6 Å². The standard InChI is InChI=1S/C15H22F2N4O.HI/c1-3-7-19-14(22)6-8-20-15(18-2)21-10-11-9-12(16)4-5-13(11)17;/h4-5,9H,3,6-8,10H2,1-2H3,(H,19,22)(H2,18,20,21);1H. The second-order valence-corrected chi connectivity index (χ2v) is 4.69. The van der Waals surface area contributed by atoms with Crippen LogP contribution in [0.1, 0.15) is 25.3 Å². The Bertz CT molecular complexity index is 526. The first-order valence-electron chi connectivity index (χ1n) is 7.22. The third kappa shape index (κ3) is 8.68. The van der Waals surface area contributed by atoms with Gasteiger partial charge in [-0.25, -0.2) is 8.78 Å². The lowest BCUT2D eigenvalue weighted by atomic mass is 10.2. The molecule has 0 fully saturated rings. The molecule has 1 amide bonds. The Hall–Kier alpha value is -1.45. The van der Waals surface area contributed by atoms with Crippen molar-refractivity contribution >= 4 is 35.8 Å². The van der Waals surface area contributed by atoms with Crippen molar-refractivity contribution in [3.8, 4) is 0 Å². The molecule has 0 aromatic heterocycles. The normalized spacial score (nSPS) is 10.7. The highest BCUT2D eigenvalue weighted by atomic mass is 127. The van der Waals surface area contributed by atoms with Crippen LogP contribution in [0.4, 0.5) is 8.78 Å². The van der Waals surface area contributed by atoms with Crippen LogP contribution in [0, 0.1) is 11.6 Å². The van der Waals surface area contributed by atoms with E-state index in [1.165, 1.54) is 0 Å². The first kappa shape index (κ1) is 21.6. The summed E-state index contributed by atoms with van der Waals surface area (Å²) in [5.41, 5.74) is 0.212. The molecule has 0 spiro atoms. The van der Waals surface area contributed by atoms with Crippen LogP contribution in [0.3, 0.4) is 0 Å². The van der Waals surface area contributed by atoms with Crippen molar-refractivity contribution in [2.45, 2.75) is 26.3 Å². The Balaban J connectivity index is 0.00000484. The third-order valence-corrected chi connectivity index (χ3v) is 2.89. The topological polar surface area (TPSA) is 65.5 Å². The quantitative estimate of drug-likeness (QED) is 0.346. The fourth-order valence-electron chi connectivity index (χ4n) is 1.73. The van der Waals surface area contributed by atoms with Gasteiger partial charge in [-0.3, -0.25) is 9.79 Å². The molecule has 23 heavy (non-hydrogen) atoms. The lowest BCUT2D eigenvalue weighted by Crippen LogP contribution is -2.39. The minimum Gasteiger partial charge on any atom is -0.356 e. The van der Waals surface area contributed by atoms with Crippen LogP contribution in [0.2, 0.25) is 0 Å². The lowest BCUT2D eigenvalue weighted by Gasteiger charge is -2.12. The van der Waals surface area contributed by atoms with Gasteiger partial charge in [0, 0.05) is 38.7 Å². The summed E-state index contributed by atoms with van der Waals surface area (Å²) in [4.78, 5) is 15.4. The van der Waals surface area contributed by atoms with E-state index < -0.39 is 11.6 Å². The molecule has 0 unspecified atom stereocenters. The largest absolute Gasteiger partial charge is 0.356 e. The van der Waals surface area contributed by atoms with Crippen molar-refractivity contribution in [1.82, 2.24) is 16.0 Å². The van der Waals surface area contributed by atoms with Crippen molar-refractivity contribution in [2.24, 2.45) is 4.99 Å². The predicted octanol–water partition coefficient (Wildman–Crippen LogP) is 2.16. The number of hydrogen-bond acceptors (Lipinski definition) is 2. The smallest absolute Gasteiger partial charge is 0.221 e. The number of carbonyl (C=O) groups is 1. The van der Waals surface area contributed by atoms with E-state index in [1.807, 2.05) is 6.92 Å². The molecule has 130 valence electrons. The Kier molecular flexibility index (Phi) is 11.3. The zero-order valence-corrected chi connectivity index (χ0v) is 15.6. The summed E-state index contributed by atoms with van der Waals surface area (Å²) in [6.45, 7) is 3.15. The predicted molar refractivity (Wildman–Crippen MR) is 97.9 cm³/mol. The summed E-state index contributed by atoms with van der Waals surface area (Å²) >= 11 is 0. The van der Waals surface area contributed by atoms with Crippen LogP contribution in [0.5, 0.6) is 0 Å². The zero-order chi connectivity index (χ0) is 16.4. The maximum atomic E-state index is 13.5. The number of nitrogens with zero attached hydrogens (tertiary/aromatic N) is 1. The average Bonchev–Trinajstić information content (AvgIpc) is 2.51. The Morgan fingerprint density at radius 2 is 1.91 bits per heavy atom. The molecule has 8 heteroatoms. The van der Waals surface area contributed by atoms with Crippen molar-refractivity contribution < 1.29 is 13.6 Å². The number of rotatable bonds is 7. The van der Waals surface area contributed by atoms with Crippen LogP contribution >= 0.6 is 24.0 Å². The van der Waals surface area contributed by atoms with E-state index in [4.69, 9.17) is 0 Å². The number of guanidine groups is 1. The minimum atomic E-state index is -0.492. The molecule has 3 N–H and O–H groups in total. The summed E-state index contributed by atoms with van der Waals surface area (Å²) < 4.78 is 26.5. The number of hydrogen-bond donors (Lipinski definition) is 3. The van der Waals surface area contributed by atoms with E-state index in [0.29, 0.717) is 25.5 Å². The highest BCUT2D eigenvalue weighted by Crippen LogP contribution is 2.08. The number of amides is 1. The summed E-state index contributed by atoms with van der Waals surface area (Å²) in [6, 6.07) is 3.29. The van der Waals surface area contributed by atoms with Gasteiger partial charge in [-0.1, -0.05) is 6.92 Å².